The molecule has 1 amide bonds. The summed E-state index contributed by atoms with van der Waals surface area (Å²) in [5, 5.41) is 2.67. The maximum absolute atomic E-state index is 13.8. The van der Waals surface area contributed by atoms with Crippen LogP contribution in [-0.2, 0) is 27.4 Å². The summed E-state index contributed by atoms with van der Waals surface area (Å²) in [5.74, 6) is -1.68. The van der Waals surface area contributed by atoms with Gasteiger partial charge in [-0.05, 0) is 13.0 Å². The van der Waals surface area contributed by atoms with Gasteiger partial charge in [0.2, 0.25) is 5.91 Å². The predicted octanol–water partition coefficient (Wildman–Crippen LogP) is 1.74. The molecule has 30 heavy (non-hydrogen) atoms. The van der Waals surface area contributed by atoms with Gasteiger partial charge in [-0.25, -0.2) is 8.78 Å². The Bertz CT molecular complexity index is 929. The molecule has 1 aromatic carbocycles. The number of halogens is 2. The molecule has 0 bridgehead atoms. The van der Waals surface area contributed by atoms with E-state index >= 15 is 0 Å². The van der Waals surface area contributed by atoms with Gasteiger partial charge in [0.25, 0.3) is 0 Å². The highest BCUT2D eigenvalue weighted by molar-refractivity contribution is 5.81. The molecule has 1 N–H and O–H groups in total. The van der Waals surface area contributed by atoms with E-state index in [4.69, 9.17) is 9.47 Å². The highest BCUT2D eigenvalue weighted by Crippen LogP contribution is 2.32. The number of hydrogen-bond acceptors (Lipinski definition) is 6. The lowest BCUT2D eigenvalue weighted by molar-refractivity contribution is -0.130. The second kappa shape index (κ2) is 8.71. The minimum absolute atomic E-state index is 0.0309. The van der Waals surface area contributed by atoms with Crippen LogP contribution >= 0.6 is 0 Å². The van der Waals surface area contributed by atoms with Crippen molar-refractivity contribution in [1.82, 2.24) is 20.2 Å². The molecular formula is C21H24F2N4O3. The van der Waals surface area contributed by atoms with Crippen LogP contribution in [-0.4, -0.2) is 58.8 Å². The zero-order valence-electron chi connectivity index (χ0n) is 16.7. The molecule has 0 saturated carbocycles. The van der Waals surface area contributed by atoms with Crippen molar-refractivity contribution in [2.45, 2.75) is 38.1 Å². The van der Waals surface area contributed by atoms with Gasteiger partial charge in [-0.1, -0.05) is 6.07 Å². The third-order valence-corrected chi connectivity index (χ3v) is 5.38. The number of carbonyl (C=O) groups is 1. The van der Waals surface area contributed by atoms with E-state index in [1.807, 2.05) is 6.92 Å². The predicted molar refractivity (Wildman–Crippen MR) is 103 cm³/mol. The van der Waals surface area contributed by atoms with Crippen molar-refractivity contribution in [2.24, 2.45) is 0 Å². The maximum Gasteiger partial charge on any atom is 0.249 e. The second-order valence-corrected chi connectivity index (χ2v) is 7.85. The third-order valence-electron chi connectivity index (χ3n) is 5.38. The van der Waals surface area contributed by atoms with Crippen molar-refractivity contribution in [1.29, 1.82) is 0 Å². The number of ether oxygens (including phenoxy) is 2. The summed E-state index contributed by atoms with van der Waals surface area (Å²) >= 11 is 0. The summed E-state index contributed by atoms with van der Waals surface area (Å²) < 4.78 is 38.5. The Kier molecular flexibility index (Phi) is 6.03. The van der Waals surface area contributed by atoms with E-state index in [0.717, 1.165) is 30.1 Å². The highest BCUT2D eigenvalue weighted by atomic mass is 19.1. The van der Waals surface area contributed by atoms with E-state index in [1.54, 1.807) is 12.4 Å². The van der Waals surface area contributed by atoms with Crippen LogP contribution in [0.1, 0.15) is 23.4 Å². The molecule has 2 saturated heterocycles. The minimum atomic E-state index is -0.690. The molecule has 2 unspecified atom stereocenters. The van der Waals surface area contributed by atoms with E-state index in [2.05, 4.69) is 20.2 Å². The molecule has 2 fully saturated rings. The Balaban J connectivity index is 1.32. The van der Waals surface area contributed by atoms with Gasteiger partial charge < -0.3 is 14.8 Å². The molecule has 0 radical (unpaired) electrons. The van der Waals surface area contributed by atoms with Crippen molar-refractivity contribution in [3.63, 3.8) is 0 Å². The lowest BCUT2D eigenvalue weighted by atomic mass is 9.97. The van der Waals surface area contributed by atoms with Crippen LogP contribution in [0.2, 0.25) is 0 Å². The molecule has 2 aliphatic heterocycles. The van der Waals surface area contributed by atoms with Crippen molar-refractivity contribution < 1.29 is 23.0 Å². The van der Waals surface area contributed by atoms with E-state index in [9.17, 15) is 13.6 Å². The summed E-state index contributed by atoms with van der Waals surface area (Å²) in [7, 11) is 0. The van der Waals surface area contributed by atoms with Crippen molar-refractivity contribution >= 4 is 5.91 Å². The number of rotatable bonds is 5. The topological polar surface area (TPSA) is 76.6 Å². The molecule has 2 atom stereocenters. The van der Waals surface area contributed by atoms with Crippen LogP contribution in [0.25, 0.3) is 0 Å². The number of morpholine rings is 1. The number of nitrogens with one attached hydrogen (secondary N) is 1. The number of nitrogens with zero attached hydrogens (tertiary/aromatic N) is 3. The monoisotopic (exact) mass is 418 g/mol. The number of aromatic nitrogens is 2. The Labute approximate surface area is 173 Å². The van der Waals surface area contributed by atoms with Crippen molar-refractivity contribution in [3.05, 3.63) is 59.2 Å². The van der Waals surface area contributed by atoms with E-state index in [0.29, 0.717) is 32.7 Å². The zero-order chi connectivity index (χ0) is 21.1. The number of hydrogen-bond donors (Lipinski definition) is 1. The van der Waals surface area contributed by atoms with Crippen molar-refractivity contribution in [3.8, 4) is 0 Å². The molecule has 1 aromatic heterocycles. The summed E-state index contributed by atoms with van der Waals surface area (Å²) in [6, 6.07) is 3.28. The van der Waals surface area contributed by atoms with E-state index in [1.165, 1.54) is 6.07 Å². The molecule has 0 aliphatic carbocycles. The van der Waals surface area contributed by atoms with Crippen molar-refractivity contribution in [2.75, 3.05) is 26.3 Å². The number of benzene rings is 1. The molecule has 3 heterocycles. The largest absolute Gasteiger partial charge is 0.370 e. The zero-order valence-corrected chi connectivity index (χ0v) is 16.7. The maximum atomic E-state index is 13.8. The van der Waals surface area contributed by atoms with Crippen LogP contribution in [0.3, 0.4) is 0 Å². The Morgan fingerprint density at radius 3 is 3.03 bits per heavy atom. The third kappa shape index (κ3) is 4.80. The highest BCUT2D eigenvalue weighted by Gasteiger charge is 2.46. The van der Waals surface area contributed by atoms with Gasteiger partial charge in [-0.3, -0.25) is 19.7 Å². The first-order valence-electron chi connectivity index (χ1n) is 9.90. The smallest absolute Gasteiger partial charge is 0.249 e. The first-order chi connectivity index (χ1) is 14.4. The average Bonchev–Trinajstić information content (AvgIpc) is 3.10. The Hall–Kier alpha value is -2.49. The summed E-state index contributed by atoms with van der Waals surface area (Å²) in [6.45, 7) is 4.77. The fourth-order valence-corrected chi connectivity index (χ4v) is 3.93. The normalized spacial score (nSPS) is 24.3. The Morgan fingerprint density at radius 2 is 2.23 bits per heavy atom. The van der Waals surface area contributed by atoms with Gasteiger partial charge in [0.05, 0.1) is 24.6 Å². The minimum Gasteiger partial charge on any atom is -0.370 e. The molecule has 1 spiro atoms. The molecule has 7 nitrogen and oxygen atoms in total. The summed E-state index contributed by atoms with van der Waals surface area (Å²) in [6.07, 6.45) is 3.22. The van der Waals surface area contributed by atoms with Gasteiger partial charge in [0.1, 0.15) is 23.3 Å². The first-order valence-corrected chi connectivity index (χ1v) is 9.90. The molecule has 9 heteroatoms. The molecule has 2 aliphatic rings. The second-order valence-electron chi connectivity index (χ2n) is 7.85. The summed E-state index contributed by atoms with van der Waals surface area (Å²) in [4.78, 5) is 23.4. The number of carbonyl (C=O) groups excluding carboxylic acids is 1. The van der Waals surface area contributed by atoms with Gasteiger partial charge in [-0.15, -0.1) is 0 Å². The average molecular weight is 418 g/mol. The van der Waals surface area contributed by atoms with Crippen LogP contribution in [0, 0.1) is 18.6 Å². The standard InChI is InChI=1S/C21H24F2N4O3/c1-14-8-24-10-17(26-14)11-27-4-5-30-21(12-27)7-19(29-13-21)20(28)25-9-15-2-3-16(22)6-18(15)23/h2-3,6,8,10,19H,4-5,7,9,11-13H2,1H3,(H,25,28). The van der Waals surface area contributed by atoms with Gasteiger partial charge in [0.15, 0.2) is 0 Å². The molecular weight excluding hydrogens is 394 g/mol. The Morgan fingerprint density at radius 1 is 1.37 bits per heavy atom. The van der Waals surface area contributed by atoms with Gasteiger partial charge >= 0.3 is 0 Å². The van der Waals surface area contributed by atoms with Crippen LogP contribution < -0.4 is 5.32 Å². The fourth-order valence-electron chi connectivity index (χ4n) is 3.93. The van der Waals surface area contributed by atoms with Crippen LogP contribution in [0.4, 0.5) is 8.78 Å². The number of amides is 1. The first kappa shape index (κ1) is 20.8. The fraction of sp³-hybridized carbons (Fsp3) is 0.476. The molecule has 4 rings (SSSR count). The van der Waals surface area contributed by atoms with Gasteiger partial charge in [-0.2, -0.15) is 0 Å². The molecule has 160 valence electrons. The van der Waals surface area contributed by atoms with Crippen LogP contribution in [0.5, 0.6) is 0 Å². The SMILES string of the molecule is Cc1cncc(CN2CCOC3(COC(C(=O)NCc4ccc(F)cc4F)C3)C2)n1. The quantitative estimate of drug-likeness (QED) is 0.797. The number of aryl methyl sites for hydroxylation is 1. The molecule has 2 aromatic rings. The van der Waals surface area contributed by atoms with Gasteiger partial charge in [0, 0.05) is 56.6 Å². The lowest BCUT2D eigenvalue weighted by Crippen LogP contribution is -2.52. The van der Waals surface area contributed by atoms with Crippen LogP contribution in [0.15, 0.2) is 30.6 Å². The lowest BCUT2D eigenvalue weighted by Gasteiger charge is -2.39. The summed E-state index contributed by atoms with van der Waals surface area (Å²) in [5.41, 5.74) is 1.42. The van der Waals surface area contributed by atoms with E-state index in [-0.39, 0.29) is 18.0 Å². The van der Waals surface area contributed by atoms with E-state index < -0.39 is 23.3 Å².